The van der Waals surface area contributed by atoms with E-state index in [9.17, 15) is 0 Å². The molecule has 3 aromatic rings. The van der Waals surface area contributed by atoms with Crippen molar-refractivity contribution >= 4 is 22.6 Å². The van der Waals surface area contributed by atoms with Gasteiger partial charge in [0.15, 0.2) is 0 Å². The fraction of sp³-hybridized carbons (Fsp3) is 0.188. The monoisotopic (exact) mass is 285 g/mol. The summed E-state index contributed by atoms with van der Waals surface area (Å²) in [6, 6.07) is 14.4. The van der Waals surface area contributed by atoms with Gasteiger partial charge in [0.1, 0.15) is 6.33 Å². The Morgan fingerprint density at radius 1 is 1.20 bits per heavy atom. The maximum atomic E-state index is 6.40. The van der Waals surface area contributed by atoms with Gasteiger partial charge >= 0.3 is 0 Å². The zero-order valence-electron chi connectivity index (χ0n) is 11.5. The number of halogens is 1. The number of fused-ring (bicyclic) bond motifs is 1. The standard InChI is InChI=1S/C16H16ClN3/c1-11(18-2)13-8-7-12(9-14(13)17)20-10-19-15-5-3-4-6-16(15)20/h3-11,18H,1-2H3. The van der Waals surface area contributed by atoms with E-state index >= 15 is 0 Å². The van der Waals surface area contributed by atoms with Gasteiger partial charge in [0.25, 0.3) is 0 Å². The van der Waals surface area contributed by atoms with Gasteiger partial charge in [-0.25, -0.2) is 4.98 Å². The van der Waals surface area contributed by atoms with Crippen LogP contribution in [-0.4, -0.2) is 16.6 Å². The van der Waals surface area contributed by atoms with E-state index in [0.717, 1.165) is 27.3 Å². The van der Waals surface area contributed by atoms with E-state index in [1.807, 2.05) is 37.6 Å². The van der Waals surface area contributed by atoms with Crippen molar-refractivity contribution in [2.24, 2.45) is 0 Å². The summed E-state index contributed by atoms with van der Waals surface area (Å²) in [6.07, 6.45) is 1.83. The highest BCUT2D eigenvalue weighted by atomic mass is 35.5. The maximum absolute atomic E-state index is 6.40. The molecular weight excluding hydrogens is 270 g/mol. The fourth-order valence-electron chi connectivity index (χ4n) is 2.34. The number of para-hydroxylation sites is 2. The van der Waals surface area contributed by atoms with Crippen LogP contribution in [0.4, 0.5) is 0 Å². The molecule has 2 aromatic carbocycles. The third-order valence-electron chi connectivity index (χ3n) is 3.62. The van der Waals surface area contributed by atoms with Crippen LogP contribution in [0.15, 0.2) is 48.8 Å². The first-order chi connectivity index (χ1) is 9.70. The summed E-state index contributed by atoms with van der Waals surface area (Å²) in [4.78, 5) is 4.41. The van der Waals surface area contributed by atoms with E-state index in [0.29, 0.717) is 0 Å². The fourth-order valence-corrected chi connectivity index (χ4v) is 2.68. The van der Waals surface area contributed by atoms with Crippen LogP contribution in [0.2, 0.25) is 5.02 Å². The predicted molar refractivity (Wildman–Crippen MR) is 83.6 cm³/mol. The minimum Gasteiger partial charge on any atom is -0.313 e. The lowest BCUT2D eigenvalue weighted by Gasteiger charge is -2.14. The minimum atomic E-state index is 0.232. The molecule has 0 saturated heterocycles. The lowest BCUT2D eigenvalue weighted by atomic mass is 10.1. The minimum absolute atomic E-state index is 0.232. The van der Waals surface area contributed by atoms with Crippen LogP contribution in [0.3, 0.4) is 0 Å². The quantitative estimate of drug-likeness (QED) is 0.789. The van der Waals surface area contributed by atoms with Crippen molar-refractivity contribution in [2.45, 2.75) is 13.0 Å². The Bertz CT molecular complexity index is 748. The Balaban J connectivity index is 2.09. The Hall–Kier alpha value is -1.84. The molecule has 1 atom stereocenters. The van der Waals surface area contributed by atoms with Crippen molar-refractivity contribution in [1.29, 1.82) is 0 Å². The average molecular weight is 286 g/mol. The van der Waals surface area contributed by atoms with Crippen LogP contribution >= 0.6 is 11.6 Å². The van der Waals surface area contributed by atoms with E-state index in [4.69, 9.17) is 11.6 Å². The molecule has 0 bridgehead atoms. The molecule has 0 fully saturated rings. The van der Waals surface area contributed by atoms with Gasteiger partial charge in [-0.15, -0.1) is 0 Å². The lowest BCUT2D eigenvalue weighted by Crippen LogP contribution is -2.12. The zero-order chi connectivity index (χ0) is 14.1. The molecule has 4 heteroatoms. The number of rotatable bonds is 3. The van der Waals surface area contributed by atoms with Gasteiger partial charge in [-0.1, -0.05) is 29.8 Å². The molecule has 0 aliphatic rings. The Morgan fingerprint density at radius 2 is 2.00 bits per heavy atom. The smallest absolute Gasteiger partial charge is 0.100 e. The molecule has 1 heterocycles. The molecule has 3 nitrogen and oxygen atoms in total. The van der Waals surface area contributed by atoms with Crippen LogP contribution in [0.1, 0.15) is 18.5 Å². The lowest BCUT2D eigenvalue weighted by molar-refractivity contribution is 0.652. The van der Waals surface area contributed by atoms with Crippen molar-refractivity contribution in [3.05, 3.63) is 59.4 Å². The second-order valence-corrected chi connectivity index (χ2v) is 5.23. The molecule has 0 amide bonds. The van der Waals surface area contributed by atoms with Gasteiger partial charge in [-0.2, -0.15) is 0 Å². The van der Waals surface area contributed by atoms with Crippen LogP contribution in [0.5, 0.6) is 0 Å². The number of aromatic nitrogens is 2. The molecule has 0 saturated carbocycles. The molecule has 102 valence electrons. The Kier molecular flexibility index (Phi) is 3.47. The van der Waals surface area contributed by atoms with Crippen LogP contribution in [0.25, 0.3) is 16.7 Å². The first kappa shape index (κ1) is 13.2. The number of benzene rings is 2. The normalized spacial score (nSPS) is 12.8. The summed E-state index contributed by atoms with van der Waals surface area (Å²) in [6.45, 7) is 2.09. The number of hydrogen-bond donors (Lipinski definition) is 1. The molecule has 1 aromatic heterocycles. The van der Waals surface area contributed by atoms with Gasteiger partial charge in [-0.05, 0) is 43.8 Å². The number of nitrogens with one attached hydrogen (secondary N) is 1. The zero-order valence-corrected chi connectivity index (χ0v) is 12.2. The van der Waals surface area contributed by atoms with Gasteiger partial charge in [0, 0.05) is 16.8 Å². The average Bonchev–Trinajstić information content (AvgIpc) is 2.90. The number of imidazole rings is 1. The van der Waals surface area contributed by atoms with Crippen molar-refractivity contribution in [3.8, 4) is 5.69 Å². The second-order valence-electron chi connectivity index (χ2n) is 4.82. The molecule has 0 radical (unpaired) electrons. The third-order valence-corrected chi connectivity index (χ3v) is 3.94. The molecule has 20 heavy (non-hydrogen) atoms. The topological polar surface area (TPSA) is 29.9 Å². The second kappa shape index (κ2) is 5.27. The third kappa shape index (κ3) is 2.19. The molecule has 1 unspecified atom stereocenters. The summed E-state index contributed by atoms with van der Waals surface area (Å²) >= 11 is 6.40. The summed E-state index contributed by atoms with van der Waals surface area (Å²) in [5.74, 6) is 0. The van der Waals surface area contributed by atoms with Gasteiger partial charge in [0.05, 0.1) is 11.0 Å². The van der Waals surface area contributed by atoms with Gasteiger partial charge < -0.3 is 5.32 Å². The van der Waals surface area contributed by atoms with Crippen molar-refractivity contribution < 1.29 is 0 Å². The maximum Gasteiger partial charge on any atom is 0.100 e. The number of nitrogens with zero attached hydrogens (tertiary/aromatic N) is 2. The van der Waals surface area contributed by atoms with Gasteiger partial charge in [0.2, 0.25) is 0 Å². The highest BCUT2D eigenvalue weighted by molar-refractivity contribution is 6.31. The van der Waals surface area contributed by atoms with Crippen molar-refractivity contribution in [3.63, 3.8) is 0 Å². The van der Waals surface area contributed by atoms with E-state index in [1.54, 1.807) is 0 Å². The van der Waals surface area contributed by atoms with Crippen molar-refractivity contribution in [2.75, 3.05) is 7.05 Å². The SMILES string of the molecule is CNC(C)c1ccc(-n2cnc3ccccc32)cc1Cl. The summed E-state index contributed by atoms with van der Waals surface area (Å²) in [7, 11) is 1.93. The predicted octanol–water partition coefficient (Wildman–Crippen LogP) is 3.96. The molecule has 3 rings (SSSR count). The molecule has 0 aliphatic heterocycles. The van der Waals surface area contributed by atoms with Gasteiger partial charge in [-0.3, -0.25) is 4.57 Å². The molecule has 0 aliphatic carbocycles. The van der Waals surface area contributed by atoms with E-state index in [2.05, 4.69) is 40.0 Å². The van der Waals surface area contributed by atoms with E-state index in [1.165, 1.54) is 0 Å². The number of hydrogen-bond acceptors (Lipinski definition) is 2. The largest absolute Gasteiger partial charge is 0.313 e. The van der Waals surface area contributed by atoms with Crippen LogP contribution < -0.4 is 5.32 Å². The summed E-state index contributed by atoms with van der Waals surface area (Å²) in [5, 5.41) is 3.97. The van der Waals surface area contributed by atoms with E-state index < -0.39 is 0 Å². The highest BCUT2D eigenvalue weighted by Gasteiger charge is 2.10. The molecule has 0 spiro atoms. The molecular formula is C16H16ClN3. The Morgan fingerprint density at radius 3 is 2.75 bits per heavy atom. The van der Waals surface area contributed by atoms with Crippen molar-refractivity contribution in [1.82, 2.24) is 14.9 Å². The van der Waals surface area contributed by atoms with E-state index in [-0.39, 0.29) is 6.04 Å². The first-order valence-electron chi connectivity index (χ1n) is 6.60. The van der Waals surface area contributed by atoms with Crippen LogP contribution in [0, 0.1) is 0 Å². The van der Waals surface area contributed by atoms with Crippen LogP contribution in [-0.2, 0) is 0 Å². The summed E-state index contributed by atoms with van der Waals surface area (Å²) < 4.78 is 2.05. The Labute approximate surface area is 123 Å². The molecule has 1 N–H and O–H groups in total. The highest BCUT2D eigenvalue weighted by Crippen LogP contribution is 2.27. The summed E-state index contributed by atoms with van der Waals surface area (Å²) in [5.41, 5.74) is 4.19. The first-order valence-corrected chi connectivity index (χ1v) is 6.97.